The fraction of sp³-hybridized carbons (Fsp3) is 0.828. The summed E-state index contributed by atoms with van der Waals surface area (Å²) in [7, 11) is 0. The van der Waals surface area contributed by atoms with Crippen molar-refractivity contribution in [3.05, 3.63) is 31.2 Å². The van der Waals surface area contributed by atoms with E-state index in [-0.39, 0.29) is 0 Å². The van der Waals surface area contributed by atoms with Crippen molar-refractivity contribution in [2.24, 2.45) is 33.5 Å². The van der Waals surface area contributed by atoms with E-state index in [9.17, 15) is 4.79 Å². The summed E-state index contributed by atoms with van der Waals surface area (Å²) >= 11 is 0.394. The quantitative estimate of drug-likeness (QED) is 0.433. The van der Waals surface area contributed by atoms with Crippen LogP contribution in [0, 0.1) is 33.5 Å². The predicted molar refractivity (Wildman–Crippen MR) is 128 cm³/mol. The molecule has 0 aliphatic heterocycles. The molecule has 0 amide bonds. The molecule has 168 valence electrons. The maximum absolute atomic E-state index is 13.2. The zero-order chi connectivity index (χ0) is 21.5. The van der Waals surface area contributed by atoms with Crippen LogP contribution in [0.3, 0.4) is 0 Å². The van der Waals surface area contributed by atoms with Crippen molar-refractivity contribution in [2.75, 3.05) is 0 Å². The molecule has 1 nitrogen and oxygen atoms in total. The standard InChI is InChI=1S/C29H40OSe/c1-24-7-19-8-25(2,13-24)16-28(11-19,15-24)22-5-21(30)6-23(31-22)29-12-20-9-26(3,17-29)14-27(4,10-20)18-29/h5-6,19-20H,7-18H2,1-4H3. The minimum atomic E-state index is 0.343. The minimum absolute atomic E-state index is 0.343. The average molecular weight is 484 g/mol. The molecule has 0 aromatic carbocycles. The monoisotopic (exact) mass is 484 g/mol. The van der Waals surface area contributed by atoms with Crippen LogP contribution in [-0.2, 0) is 10.8 Å². The average Bonchev–Trinajstić information content (AvgIpc) is 2.54. The molecule has 4 atom stereocenters. The van der Waals surface area contributed by atoms with E-state index in [0.717, 1.165) is 11.8 Å². The molecule has 2 heteroatoms. The Morgan fingerprint density at radius 2 is 0.968 bits per heavy atom. The summed E-state index contributed by atoms with van der Waals surface area (Å²) in [5, 5.41) is 0. The molecule has 0 saturated heterocycles. The molecule has 1 heterocycles. The van der Waals surface area contributed by atoms with Crippen molar-refractivity contribution in [3.8, 4) is 0 Å². The van der Waals surface area contributed by atoms with Gasteiger partial charge in [0.15, 0.2) is 0 Å². The fourth-order valence-corrected chi connectivity index (χ4v) is 15.5. The Bertz CT molecular complexity index is 920. The first-order valence-electron chi connectivity index (χ1n) is 13.1. The van der Waals surface area contributed by atoms with Gasteiger partial charge in [-0.2, -0.15) is 0 Å². The second-order valence-electron chi connectivity index (χ2n) is 15.3. The van der Waals surface area contributed by atoms with E-state index < -0.39 is 0 Å². The zero-order valence-electron chi connectivity index (χ0n) is 20.1. The first kappa shape index (κ1) is 20.1. The predicted octanol–water partition coefficient (Wildman–Crippen LogP) is 6.60. The molecule has 8 fully saturated rings. The van der Waals surface area contributed by atoms with Gasteiger partial charge in [-0.3, -0.25) is 0 Å². The van der Waals surface area contributed by atoms with Gasteiger partial charge in [0, 0.05) is 0 Å². The van der Waals surface area contributed by atoms with E-state index in [2.05, 4.69) is 39.8 Å². The Balaban J connectivity index is 1.35. The third-order valence-corrected chi connectivity index (χ3v) is 14.3. The van der Waals surface area contributed by atoms with Gasteiger partial charge in [-0.1, -0.05) is 0 Å². The van der Waals surface area contributed by atoms with Gasteiger partial charge in [-0.05, 0) is 0 Å². The molecule has 0 spiro atoms. The molecule has 1 aromatic rings. The van der Waals surface area contributed by atoms with Crippen LogP contribution < -0.4 is 5.43 Å². The first-order chi connectivity index (χ1) is 14.4. The molecule has 9 rings (SSSR count). The number of hydrogen-bond donors (Lipinski definition) is 0. The topological polar surface area (TPSA) is 17.1 Å². The molecular weight excluding hydrogens is 443 g/mol. The van der Waals surface area contributed by atoms with Crippen LogP contribution in [0.2, 0.25) is 0 Å². The van der Waals surface area contributed by atoms with Crippen molar-refractivity contribution in [1.82, 2.24) is 0 Å². The summed E-state index contributed by atoms with van der Waals surface area (Å²) in [5.74, 6) is 1.81. The summed E-state index contributed by atoms with van der Waals surface area (Å²) in [6.07, 6.45) is 16.9. The SMILES string of the molecule is CC12CC3CC(C)(C1)CC(c1cc(=O)cc(C45CC6CC(C)(CC(C)(C6)C4)C5)[se]1)(C3)C2. The van der Waals surface area contributed by atoms with E-state index in [1.807, 2.05) is 0 Å². The Morgan fingerprint density at radius 3 is 1.29 bits per heavy atom. The Hall–Kier alpha value is -0.331. The Kier molecular flexibility index (Phi) is 3.66. The molecule has 31 heavy (non-hydrogen) atoms. The number of hydrogen-bond acceptors (Lipinski definition) is 1. The molecule has 1 aromatic heterocycles. The number of rotatable bonds is 2. The summed E-state index contributed by atoms with van der Waals surface area (Å²) in [4.78, 5) is 13.2. The van der Waals surface area contributed by atoms with Crippen LogP contribution in [0.1, 0.15) is 114 Å². The van der Waals surface area contributed by atoms with Crippen LogP contribution in [-0.4, -0.2) is 14.5 Å². The Labute approximate surface area is 194 Å². The van der Waals surface area contributed by atoms with Gasteiger partial charge >= 0.3 is 195 Å². The van der Waals surface area contributed by atoms with E-state index >= 15 is 0 Å². The van der Waals surface area contributed by atoms with E-state index in [0.29, 0.717) is 52.4 Å². The third kappa shape index (κ3) is 2.83. The van der Waals surface area contributed by atoms with Gasteiger partial charge in [0.05, 0.1) is 0 Å². The molecular formula is C29H40OSe. The van der Waals surface area contributed by atoms with Crippen molar-refractivity contribution >= 4 is 14.5 Å². The van der Waals surface area contributed by atoms with Crippen LogP contribution >= 0.6 is 0 Å². The van der Waals surface area contributed by atoms with Crippen molar-refractivity contribution in [3.63, 3.8) is 0 Å². The maximum atomic E-state index is 13.2. The van der Waals surface area contributed by atoms with Crippen LogP contribution in [0.4, 0.5) is 0 Å². The molecule has 8 bridgehead atoms. The van der Waals surface area contributed by atoms with Crippen molar-refractivity contribution in [2.45, 2.75) is 116 Å². The van der Waals surface area contributed by atoms with E-state index in [4.69, 9.17) is 0 Å². The van der Waals surface area contributed by atoms with Crippen molar-refractivity contribution in [1.29, 1.82) is 0 Å². The van der Waals surface area contributed by atoms with Crippen LogP contribution in [0.15, 0.2) is 16.9 Å². The van der Waals surface area contributed by atoms with Gasteiger partial charge in [0.2, 0.25) is 0 Å². The summed E-state index contributed by atoms with van der Waals surface area (Å²) in [6, 6.07) is 4.32. The van der Waals surface area contributed by atoms with Gasteiger partial charge in [0.25, 0.3) is 0 Å². The van der Waals surface area contributed by atoms with Crippen molar-refractivity contribution < 1.29 is 0 Å². The normalized spacial score (nSPS) is 56.4. The molecule has 8 aliphatic carbocycles. The van der Waals surface area contributed by atoms with Gasteiger partial charge < -0.3 is 0 Å². The summed E-state index contributed by atoms with van der Waals surface area (Å²) in [5.41, 5.74) is 3.15. The molecule has 0 radical (unpaired) electrons. The van der Waals surface area contributed by atoms with Gasteiger partial charge in [-0.25, -0.2) is 0 Å². The molecule has 8 aliphatic rings. The second kappa shape index (κ2) is 5.65. The summed E-state index contributed by atoms with van der Waals surface area (Å²) in [6.45, 7) is 10.3. The van der Waals surface area contributed by atoms with Crippen LogP contribution in [0.5, 0.6) is 0 Å². The van der Waals surface area contributed by atoms with E-state index in [1.54, 1.807) is 8.87 Å². The Morgan fingerprint density at radius 1 is 0.613 bits per heavy atom. The second-order valence-corrected chi connectivity index (χ2v) is 17.6. The molecule has 8 saturated carbocycles. The first-order valence-corrected chi connectivity index (χ1v) is 14.8. The third-order valence-electron chi connectivity index (χ3n) is 11.1. The molecule has 0 N–H and O–H groups in total. The fourth-order valence-electron chi connectivity index (χ4n) is 12.4. The van der Waals surface area contributed by atoms with Crippen LogP contribution in [0.25, 0.3) is 0 Å². The zero-order valence-corrected chi connectivity index (χ0v) is 21.8. The molecule has 4 unspecified atom stereocenters. The van der Waals surface area contributed by atoms with Gasteiger partial charge in [0.1, 0.15) is 0 Å². The van der Waals surface area contributed by atoms with E-state index in [1.165, 1.54) is 77.0 Å². The summed E-state index contributed by atoms with van der Waals surface area (Å²) < 4.78 is 3.27. The van der Waals surface area contributed by atoms with Gasteiger partial charge in [-0.15, -0.1) is 0 Å².